The van der Waals surface area contributed by atoms with E-state index in [4.69, 9.17) is 9.47 Å². The number of ketones is 1. The Labute approximate surface area is 145 Å². The molecule has 1 heterocycles. The van der Waals surface area contributed by atoms with Crippen molar-refractivity contribution < 1.29 is 19.4 Å². The van der Waals surface area contributed by atoms with Gasteiger partial charge in [0.2, 0.25) is 0 Å². The Bertz CT molecular complexity index is 842. The van der Waals surface area contributed by atoms with Crippen molar-refractivity contribution in [3.05, 3.63) is 51.4 Å². The number of ether oxygens (including phenoxy) is 2. The first-order valence-electron chi connectivity index (χ1n) is 7.97. The molecule has 0 aliphatic carbocycles. The van der Waals surface area contributed by atoms with Gasteiger partial charge < -0.3 is 14.6 Å². The number of Topliss-reactive ketones (excluding diaryl/α,β-unsaturated/α-hetero) is 1. The fourth-order valence-electron chi connectivity index (χ4n) is 3.17. The van der Waals surface area contributed by atoms with Crippen molar-refractivity contribution in [1.82, 2.24) is 0 Å². The van der Waals surface area contributed by atoms with Crippen molar-refractivity contribution >= 4 is 11.5 Å². The van der Waals surface area contributed by atoms with Crippen molar-refractivity contribution in [3.63, 3.8) is 0 Å². The minimum atomic E-state index is -0.412. The average Bonchev–Trinajstić information content (AvgIpc) is 2.63. The van der Waals surface area contributed by atoms with Gasteiger partial charge in [0.1, 0.15) is 22.9 Å². The Morgan fingerprint density at radius 2 is 1.92 bits per heavy atom. The van der Waals surface area contributed by atoms with Crippen LogP contribution in [-0.4, -0.2) is 24.6 Å². The van der Waals surface area contributed by atoms with Crippen LogP contribution in [0.3, 0.4) is 0 Å². The summed E-state index contributed by atoms with van der Waals surface area (Å²) in [4.78, 5) is 24.2. The summed E-state index contributed by atoms with van der Waals surface area (Å²) in [6.45, 7) is 3.42. The number of nitroso groups, excluding NO2 is 1. The third kappa shape index (κ3) is 2.84. The van der Waals surface area contributed by atoms with Crippen LogP contribution in [-0.2, 0) is 6.42 Å². The summed E-state index contributed by atoms with van der Waals surface area (Å²) < 4.78 is 10.9. The number of fused-ring (bicyclic) bond motifs is 1. The Hall–Kier alpha value is -2.89. The fourth-order valence-corrected chi connectivity index (χ4v) is 3.17. The van der Waals surface area contributed by atoms with E-state index < -0.39 is 5.92 Å². The fraction of sp³-hybridized carbons (Fsp3) is 0.316. The number of nitrogens with zero attached hydrogens (tertiary/aromatic N) is 1. The highest BCUT2D eigenvalue weighted by Gasteiger charge is 2.35. The monoisotopic (exact) mass is 341 g/mol. The van der Waals surface area contributed by atoms with Crippen LogP contribution in [0.5, 0.6) is 17.2 Å². The van der Waals surface area contributed by atoms with Gasteiger partial charge in [0.25, 0.3) is 0 Å². The Morgan fingerprint density at radius 3 is 2.52 bits per heavy atom. The largest absolute Gasteiger partial charge is 0.507 e. The zero-order chi connectivity index (χ0) is 18.1. The normalized spacial score (nSPS) is 16.1. The molecule has 0 spiro atoms. The van der Waals surface area contributed by atoms with Gasteiger partial charge in [-0.25, -0.2) is 0 Å². The molecule has 0 saturated heterocycles. The SMILES string of the molecule is COc1ccc(CC2COc3c(C)c(O)c(C)c(N=O)c3C2=O)cc1. The molecule has 1 aliphatic rings. The number of carbonyl (C=O) groups excluding carboxylic acids is 1. The van der Waals surface area contributed by atoms with E-state index in [2.05, 4.69) is 5.18 Å². The Balaban J connectivity index is 1.96. The molecule has 1 unspecified atom stereocenters. The van der Waals surface area contributed by atoms with E-state index in [1.807, 2.05) is 24.3 Å². The molecular formula is C19H19NO5. The van der Waals surface area contributed by atoms with Crippen LogP contribution in [0.2, 0.25) is 0 Å². The molecule has 2 aromatic carbocycles. The van der Waals surface area contributed by atoms with Crippen LogP contribution >= 0.6 is 0 Å². The smallest absolute Gasteiger partial charge is 0.175 e. The molecule has 25 heavy (non-hydrogen) atoms. The van der Waals surface area contributed by atoms with Crippen LogP contribution in [0.4, 0.5) is 5.69 Å². The molecule has 130 valence electrons. The van der Waals surface area contributed by atoms with Crippen LogP contribution in [0.15, 0.2) is 29.4 Å². The molecule has 1 atom stereocenters. The minimum Gasteiger partial charge on any atom is -0.507 e. The predicted molar refractivity (Wildman–Crippen MR) is 93.0 cm³/mol. The molecule has 0 aromatic heterocycles. The van der Waals surface area contributed by atoms with Gasteiger partial charge in [-0.1, -0.05) is 12.1 Å². The summed E-state index contributed by atoms with van der Waals surface area (Å²) in [6.07, 6.45) is 0.486. The maximum atomic E-state index is 13.0. The maximum absolute atomic E-state index is 13.0. The predicted octanol–water partition coefficient (Wildman–Crippen LogP) is 3.85. The molecule has 6 heteroatoms. The van der Waals surface area contributed by atoms with E-state index in [0.29, 0.717) is 17.5 Å². The second-order valence-corrected chi connectivity index (χ2v) is 6.17. The van der Waals surface area contributed by atoms with Crippen LogP contribution in [0.1, 0.15) is 27.0 Å². The second-order valence-electron chi connectivity index (χ2n) is 6.17. The zero-order valence-electron chi connectivity index (χ0n) is 14.3. The number of benzene rings is 2. The lowest BCUT2D eigenvalue weighted by atomic mass is 9.86. The number of phenols is 1. The van der Waals surface area contributed by atoms with E-state index in [1.54, 1.807) is 21.0 Å². The van der Waals surface area contributed by atoms with Gasteiger partial charge >= 0.3 is 0 Å². The van der Waals surface area contributed by atoms with Gasteiger partial charge in [0.05, 0.1) is 25.2 Å². The lowest BCUT2D eigenvalue weighted by Gasteiger charge is -2.27. The van der Waals surface area contributed by atoms with Crippen LogP contribution in [0.25, 0.3) is 0 Å². The molecular weight excluding hydrogens is 322 g/mol. The Kier molecular flexibility index (Phi) is 4.44. The number of rotatable bonds is 4. The van der Waals surface area contributed by atoms with Gasteiger partial charge in [-0.15, -0.1) is 4.91 Å². The first kappa shape index (κ1) is 17.0. The van der Waals surface area contributed by atoms with Crippen molar-refractivity contribution in [2.45, 2.75) is 20.3 Å². The van der Waals surface area contributed by atoms with Crippen molar-refractivity contribution in [1.29, 1.82) is 0 Å². The summed E-state index contributed by atoms with van der Waals surface area (Å²) in [6, 6.07) is 7.46. The lowest BCUT2D eigenvalue weighted by molar-refractivity contribution is 0.0830. The van der Waals surface area contributed by atoms with Gasteiger partial charge in [0.15, 0.2) is 5.78 Å². The lowest BCUT2D eigenvalue weighted by Crippen LogP contribution is -2.30. The van der Waals surface area contributed by atoms with E-state index in [-0.39, 0.29) is 35.1 Å². The van der Waals surface area contributed by atoms with Crippen molar-refractivity contribution in [2.75, 3.05) is 13.7 Å². The number of hydrogen-bond acceptors (Lipinski definition) is 6. The number of methoxy groups -OCH3 is 1. The van der Waals surface area contributed by atoms with Gasteiger partial charge in [-0.3, -0.25) is 4.79 Å². The number of carbonyl (C=O) groups is 1. The number of phenolic OH excluding ortho intramolecular Hbond substituents is 1. The molecule has 0 fully saturated rings. The molecule has 0 bridgehead atoms. The third-order valence-corrected chi connectivity index (χ3v) is 4.65. The molecule has 6 nitrogen and oxygen atoms in total. The summed E-state index contributed by atoms with van der Waals surface area (Å²) >= 11 is 0. The summed E-state index contributed by atoms with van der Waals surface area (Å²) in [7, 11) is 1.60. The van der Waals surface area contributed by atoms with E-state index in [1.165, 1.54) is 0 Å². The maximum Gasteiger partial charge on any atom is 0.175 e. The van der Waals surface area contributed by atoms with E-state index in [0.717, 1.165) is 11.3 Å². The van der Waals surface area contributed by atoms with Crippen molar-refractivity contribution in [2.24, 2.45) is 11.1 Å². The van der Waals surface area contributed by atoms with E-state index in [9.17, 15) is 14.8 Å². The third-order valence-electron chi connectivity index (χ3n) is 4.65. The van der Waals surface area contributed by atoms with Crippen molar-refractivity contribution in [3.8, 4) is 17.2 Å². The first-order chi connectivity index (χ1) is 12.0. The molecule has 0 radical (unpaired) electrons. The highest BCUT2D eigenvalue weighted by molar-refractivity contribution is 6.07. The molecule has 0 amide bonds. The molecule has 3 rings (SSSR count). The standard InChI is InChI=1S/C19H19NO5/c1-10-16(20-23)15-18(22)13(9-25-19(15)11(2)17(10)21)8-12-4-6-14(24-3)7-5-12/h4-7,13,21H,8-9H2,1-3H3. The molecule has 2 aromatic rings. The van der Waals surface area contributed by atoms with Crippen LogP contribution < -0.4 is 9.47 Å². The van der Waals surface area contributed by atoms with E-state index >= 15 is 0 Å². The van der Waals surface area contributed by atoms with Gasteiger partial charge in [-0.2, -0.15) is 0 Å². The average molecular weight is 341 g/mol. The Morgan fingerprint density at radius 1 is 1.24 bits per heavy atom. The van der Waals surface area contributed by atoms with Crippen LogP contribution in [0, 0.1) is 24.7 Å². The first-order valence-corrected chi connectivity index (χ1v) is 7.97. The molecule has 1 N–H and O–H groups in total. The van der Waals surface area contributed by atoms with Gasteiger partial charge in [-0.05, 0) is 43.1 Å². The van der Waals surface area contributed by atoms with Gasteiger partial charge in [0, 0.05) is 11.1 Å². The quantitative estimate of drug-likeness (QED) is 0.854. The highest BCUT2D eigenvalue weighted by Crippen LogP contribution is 2.45. The molecule has 0 saturated carbocycles. The summed E-state index contributed by atoms with van der Waals surface area (Å²) in [5.74, 6) is 0.348. The highest BCUT2D eigenvalue weighted by atomic mass is 16.5. The minimum absolute atomic E-state index is 0.0393. The molecule has 1 aliphatic heterocycles. The summed E-state index contributed by atoms with van der Waals surface area (Å²) in [5, 5.41) is 13.1. The second kappa shape index (κ2) is 6.55. The number of aromatic hydroxyl groups is 1. The summed E-state index contributed by atoms with van der Waals surface area (Å²) in [5.41, 5.74) is 1.86. The topological polar surface area (TPSA) is 85.2 Å². The zero-order valence-corrected chi connectivity index (χ0v) is 14.3. The number of hydrogen-bond donors (Lipinski definition) is 1.